The minimum atomic E-state index is 0.486. The van der Waals surface area contributed by atoms with Crippen molar-refractivity contribution >= 4 is 6.21 Å². The molecule has 0 amide bonds. The second kappa shape index (κ2) is 3.65. The van der Waals surface area contributed by atoms with E-state index in [2.05, 4.69) is 9.99 Å². The van der Waals surface area contributed by atoms with E-state index in [1.807, 2.05) is 13.8 Å². The summed E-state index contributed by atoms with van der Waals surface area (Å²) < 4.78 is 0. The van der Waals surface area contributed by atoms with Gasteiger partial charge in [0.15, 0.2) is 0 Å². The molecule has 0 bridgehead atoms. The average Bonchev–Trinajstić information content (AvgIpc) is 1.61. The largest absolute Gasteiger partial charge is 0.399 e. The first-order valence-corrected chi connectivity index (χ1v) is 2.34. The molecule has 0 aliphatic rings. The molecule has 0 heterocycles. The van der Waals surface area contributed by atoms with Crippen LogP contribution < -0.4 is 0 Å². The molecule has 0 aromatic carbocycles. The smallest absolute Gasteiger partial charge is 0.106 e. The Hall–Kier alpha value is -0.530. The number of oxime groups is 1. The molecule has 0 aromatic heterocycles. The molecule has 0 aliphatic carbocycles. The standard InChI is InChI=1S/C5H11NO/c1-5(2)4-6-7-3/h4-5H,1-3H3. The highest BCUT2D eigenvalue weighted by atomic mass is 16.6. The summed E-state index contributed by atoms with van der Waals surface area (Å²) in [7, 11) is 1.54. The fourth-order valence-corrected chi connectivity index (χ4v) is 0.183. The molecule has 0 spiro atoms. The van der Waals surface area contributed by atoms with Crippen molar-refractivity contribution in [2.75, 3.05) is 7.11 Å². The number of rotatable bonds is 2. The van der Waals surface area contributed by atoms with E-state index in [1.165, 1.54) is 0 Å². The van der Waals surface area contributed by atoms with Crippen molar-refractivity contribution in [2.24, 2.45) is 11.1 Å². The van der Waals surface area contributed by atoms with Gasteiger partial charge in [0.05, 0.1) is 0 Å². The Morgan fingerprint density at radius 3 is 2.29 bits per heavy atom. The molecule has 0 saturated carbocycles. The van der Waals surface area contributed by atoms with E-state index in [1.54, 1.807) is 13.3 Å². The lowest BCUT2D eigenvalue weighted by molar-refractivity contribution is 0.213. The van der Waals surface area contributed by atoms with Crippen molar-refractivity contribution < 1.29 is 4.84 Å². The first kappa shape index (κ1) is 6.47. The van der Waals surface area contributed by atoms with Crippen LogP contribution in [-0.4, -0.2) is 13.3 Å². The van der Waals surface area contributed by atoms with Gasteiger partial charge in [-0.3, -0.25) is 0 Å². The summed E-state index contributed by atoms with van der Waals surface area (Å²) in [5, 5.41) is 3.55. The third-order valence-corrected chi connectivity index (χ3v) is 0.464. The van der Waals surface area contributed by atoms with Crippen molar-refractivity contribution in [3.63, 3.8) is 0 Å². The maximum absolute atomic E-state index is 4.42. The van der Waals surface area contributed by atoms with Gasteiger partial charge in [-0.2, -0.15) is 0 Å². The van der Waals surface area contributed by atoms with Gasteiger partial charge in [0.25, 0.3) is 0 Å². The molecule has 0 aliphatic heterocycles. The molecule has 0 atom stereocenters. The maximum Gasteiger partial charge on any atom is 0.106 e. The van der Waals surface area contributed by atoms with Crippen LogP contribution in [0.3, 0.4) is 0 Å². The van der Waals surface area contributed by atoms with E-state index in [9.17, 15) is 0 Å². The molecule has 7 heavy (non-hydrogen) atoms. The van der Waals surface area contributed by atoms with Gasteiger partial charge >= 0.3 is 0 Å². The lowest BCUT2D eigenvalue weighted by Gasteiger charge is -1.88. The summed E-state index contributed by atoms with van der Waals surface area (Å²) in [6, 6.07) is 0. The summed E-state index contributed by atoms with van der Waals surface area (Å²) in [6.07, 6.45) is 1.75. The van der Waals surface area contributed by atoms with Crippen LogP contribution in [0.4, 0.5) is 0 Å². The molecule has 0 rings (SSSR count). The lowest BCUT2D eigenvalue weighted by atomic mass is 10.3. The van der Waals surface area contributed by atoms with Crippen LogP contribution in [0.1, 0.15) is 13.8 Å². The Morgan fingerprint density at radius 1 is 1.57 bits per heavy atom. The van der Waals surface area contributed by atoms with Gasteiger partial charge in [0.2, 0.25) is 0 Å². The van der Waals surface area contributed by atoms with Gasteiger partial charge in [0, 0.05) is 6.21 Å². The van der Waals surface area contributed by atoms with Crippen LogP contribution in [0.15, 0.2) is 5.16 Å². The molecule has 0 saturated heterocycles. The van der Waals surface area contributed by atoms with Crippen LogP contribution in [0, 0.1) is 5.92 Å². The van der Waals surface area contributed by atoms with Crippen molar-refractivity contribution in [2.45, 2.75) is 13.8 Å². The highest BCUT2D eigenvalue weighted by Gasteiger charge is 1.80. The first-order chi connectivity index (χ1) is 3.27. The maximum atomic E-state index is 4.42. The third kappa shape index (κ3) is 5.47. The Kier molecular flexibility index (Phi) is 3.38. The topological polar surface area (TPSA) is 21.6 Å². The van der Waals surface area contributed by atoms with E-state index in [-0.39, 0.29) is 0 Å². The third-order valence-electron chi connectivity index (χ3n) is 0.464. The second-order valence-corrected chi connectivity index (χ2v) is 1.68. The normalized spacial score (nSPS) is 10.9. The van der Waals surface area contributed by atoms with E-state index in [0.717, 1.165) is 0 Å². The average molecular weight is 101 g/mol. The quantitative estimate of drug-likeness (QED) is 0.379. The van der Waals surface area contributed by atoms with Gasteiger partial charge in [0.1, 0.15) is 7.11 Å². The fraction of sp³-hybridized carbons (Fsp3) is 0.800. The number of nitrogens with zero attached hydrogens (tertiary/aromatic N) is 1. The SMILES string of the molecule is CON=CC(C)C. The summed E-state index contributed by atoms with van der Waals surface area (Å²) >= 11 is 0. The summed E-state index contributed by atoms with van der Waals surface area (Å²) in [5.74, 6) is 0.486. The lowest BCUT2D eigenvalue weighted by Crippen LogP contribution is -1.86. The zero-order chi connectivity index (χ0) is 5.70. The van der Waals surface area contributed by atoms with Crippen molar-refractivity contribution in [1.82, 2.24) is 0 Å². The van der Waals surface area contributed by atoms with E-state index >= 15 is 0 Å². The van der Waals surface area contributed by atoms with Crippen molar-refractivity contribution in [1.29, 1.82) is 0 Å². The van der Waals surface area contributed by atoms with Gasteiger partial charge < -0.3 is 4.84 Å². The second-order valence-electron chi connectivity index (χ2n) is 1.68. The molecular formula is C5H11NO. The molecule has 42 valence electrons. The molecule has 0 aromatic rings. The van der Waals surface area contributed by atoms with Crippen LogP contribution in [0.25, 0.3) is 0 Å². The minimum absolute atomic E-state index is 0.486. The molecule has 2 heteroatoms. The summed E-state index contributed by atoms with van der Waals surface area (Å²) in [4.78, 5) is 4.42. The zero-order valence-electron chi connectivity index (χ0n) is 5.01. The van der Waals surface area contributed by atoms with Crippen molar-refractivity contribution in [3.05, 3.63) is 0 Å². The van der Waals surface area contributed by atoms with Gasteiger partial charge in [-0.25, -0.2) is 0 Å². The van der Waals surface area contributed by atoms with E-state index < -0.39 is 0 Å². The minimum Gasteiger partial charge on any atom is -0.399 e. The molecule has 2 nitrogen and oxygen atoms in total. The molecule has 0 fully saturated rings. The Balaban J connectivity index is 3.08. The number of hydrogen-bond donors (Lipinski definition) is 0. The number of hydrogen-bond acceptors (Lipinski definition) is 2. The molecule has 0 radical (unpaired) electrons. The zero-order valence-corrected chi connectivity index (χ0v) is 5.01. The van der Waals surface area contributed by atoms with Crippen LogP contribution >= 0.6 is 0 Å². The van der Waals surface area contributed by atoms with Crippen molar-refractivity contribution in [3.8, 4) is 0 Å². The Labute approximate surface area is 44.2 Å². The Morgan fingerprint density at radius 2 is 2.14 bits per heavy atom. The summed E-state index contributed by atoms with van der Waals surface area (Å²) in [6.45, 7) is 4.09. The van der Waals surface area contributed by atoms with Gasteiger partial charge in [-0.1, -0.05) is 19.0 Å². The summed E-state index contributed by atoms with van der Waals surface area (Å²) in [5.41, 5.74) is 0. The highest BCUT2D eigenvalue weighted by Crippen LogP contribution is 1.83. The van der Waals surface area contributed by atoms with Crippen LogP contribution in [0.2, 0.25) is 0 Å². The van der Waals surface area contributed by atoms with E-state index in [0.29, 0.717) is 5.92 Å². The van der Waals surface area contributed by atoms with Gasteiger partial charge in [-0.15, -0.1) is 0 Å². The molecular weight excluding hydrogens is 90.1 g/mol. The van der Waals surface area contributed by atoms with Crippen LogP contribution in [-0.2, 0) is 4.84 Å². The first-order valence-electron chi connectivity index (χ1n) is 2.34. The predicted molar refractivity (Wildman–Crippen MR) is 30.3 cm³/mol. The monoisotopic (exact) mass is 101 g/mol. The van der Waals surface area contributed by atoms with Gasteiger partial charge in [-0.05, 0) is 5.92 Å². The van der Waals surface area contributed by atoms with Crippen LogP contribution in [0.5, 0.6) is 0 Å². The molecule has 0 N–H and O–H groups in total. The fourth-order valence-electron chi connectivity index (χ4n) is 0.183. The highest BCUT2D eigenvalue weighted by molar-refractivity contribution is 5.58. The Bertz CT molecular complexity index is 59.1. The molecule has 0 unspecified atom stereocenters. The van der Waals surface area contributed by atoms with E-state index in [4.69, 9.17) is 0 Å². The predicted octanol–water partition coefficient (Wildman–Crippen LogP) is 1.27.